The van der Waals surface area contributed by atoms with Crippen molar-refractivity contribution in [3.63, 3.8) is 0 Å². The molecule has 0 saturated heterocycles. The first-order chi connectivity index (χ1) is 12.5. The fourth-order valence-corrected chi connectivity index (χ4v) is 3.80. The maximum Gasteiger partial charge on any atom is 0.283 e. The number of aryl methyl sites for hydroxylation is 1. The highest BCUT2D eigenvalue weighted by molar-refractivity contribution is 7.90. The summed E-state index contributed by atoms with van der Waals surface area (Å²) in [6.45, 7) is 11.5. The van der Waals surface area contributed by atoms with Crippen LogP contribution < -0.4 is 5.32 Å². The summed E-state index contributed by atoms with van der Waals surface area (Å²) in [7, 11) is -3.78. The fourth-order valence-electron chi connectivity index (χ4n) is 2.81. The Bertz CT molecular complexity index is 915. The van der Waals surface area contributed by atoms with Crippen LogP contribution in [0, 0.1) is 6.92 Å². The topological polar surface area (TPSA) is 78.8 Å². The number of phenolic OH excluding ortho intramolecular Hbond substituents is 1. The minimum absolute atomic E-state index is 0.137. The summed E-state index contributed by atoms with van der Waals surface area (Å²) in [5, 5.41) is 13.5. The second-order valence-electron chi connectivity index (χ2n) is 7.40. The number of aromatic hydroxyl groups is 1. The molecule has 0 bridgehead atoms. The lowest BCUT2D eigenvalue weighted by atomic mass is 9.93. The van der Waals surface area contributed by atoms with E-state index < -0.39 is 10.0 Å². The van der Waals surface area contributed by atoms with E-state index in [4.69, 9.17) is 0 Å². The van der Waals surface area contributed by atoms with E-state index in [2.05, 4.69) is 9.71 Å². The van der Waals surface area contributed by atoms with Crippen molar-refractivity contribution in [2.24, 2.45) is 4.40 Å². The van der Waals surface area contributed by atoms with Crippen LogP contribution in [0.2, 0.25) is 0 Å². The third-order valence-electron chi connectivity index (χ3n) is 4.31. The van der Waals surface area contributed by atoms with Gasteiger partial charge in [-0.05, 0) is 61.1 Å². The minimum Gasteiger partial charge on any atom is -0.507 e. The zero-order valence-electron chi connectivity index (χ0n) is 16.7. The van der Waals surface area contributed by atoms with Crippen LogP contribution in [0.25, 0.3) is 0 Å². The van der Waals surface area contributed by atoms with Gasteiger partial charge in [0.05, 0.1) is 4.90 Å². The van der Waals surface area contributed by atoms with E-state index in [1.807, 2.05) is 46.8 Å². The zero-order valence-corrected chi connectivity index (χ0v) is 17.6. The highest BCUT2D eigenvalue weighted by atomic mass is 32.2. The lowest BCUT2D eigenvalue weighted by Crippen LogP contribution is -2.12. The summed E-state index contributed by atoms with van der Waals surface area (Å²) in [4.78, 5) is 0.158. The molecule has 0 aliphatic carbocycles. The summed E-state index contributed by atoms with van der Waals surface area (Å²) in [6, 6.07) is 10.3. The molecule has 0 amide bonds. The van der Waals surface area contributed by atoms with Crippen LogP contribution in [0.4, 0.5) is 5.69 Å². The van der Waals surface area contributed by atoms with Gasteiger partial charge in [-0.3, -0.25) is 0 Å². The molecule has 0 fully saturated rings. The Morgan fingerprint density at radius 2 is 1.48 bits per heavy atom. The van der Waals surface area contributed by atoms with Gasteiger partial charge in [-0.25, -0.2) is 0 Å². The van der Waals surface area contributed by atoms with E-state index in [9.17, 15) is 13.5 Å². The molecular formula is C21H28N2O3S. The number of sulfonamides is 1. The Kier molecular flexibility index (Phi) is 6.31. The molecule has 0 spiro atoms. The normalized spacial score (nSPS) is 12.7. The molecule has 2 rings (SSSR count). The average Bonchev–Trinajstić information content (AvgIpc) is 2.55. The van der Waals surface area contributed by atoms with Crippen molar-refractivity contribution in [3.8, 4) is 5.75 Å². The SMILES string of the molecule is CC(=NS(=O)(=O)c1ccc(C)cc1)Nc1cc(C(C)C)c(O)c(C(C)C)c1. The summed E-state index contributed by atoms with van der Waals surface area (Å²) in [5.41, 5.74) is 3.33. The molecule has 0 radical (unpaired) electrons. The Morgan fingerprint density at radius 1 is 1.00 bits per heavy atom. The first kappa shape index (κ1) is 21.0. The van der Waals surface area contributed by atoms with E-state index in [1.165, 1.54) is 0 Å². The van der Waals surface area contributed by atoms with Crippen molar-refractivity contribution in [1.29, 1.82) is 0 Å². The van der Waals surface area contributed by atoms with Crippen LogP contribution in [-0.4, -0.2) is 19.4 Å². The van der Waals surface area contributed by atoms with Gasteiger partial charge in [-0.15, -0.1) is 4.40 Å². The summed E-state index contributed by atoms with van der Waals surface area (Å²) in [5.74, 6) is 0.841. The van der Waals surface area contributed by atoms with Crippen molar-refractivity contribution < 1.29 is 13.5 Å². The molecule has 5 nitrogen and oxygen atoms in total. The van der Waals surface area contributed by atoms with Crippen molar-refractivity contribution >= 4 is 21.5 Å². The lowest BCUT2D eigenvalue weighted by Gasteiger charge is -2.18. The van der Waals surface area contributed by atoms with Gasteiger partial charge in [0.2, 0.25) is 0 Å². The third kappa shape index (κ3) is 5.10. The quantitative estimate of drug-likeness (QED) is 0.421. The van der Waals surface area contributed by atoms with Crippen molar-refractivity contribution in [2.45, 2.75) is 58.3 Å². The van der Waals surface area contributed by atoms with Gasteiger partial charge in [-0.1, -0.05) is 45.4 Å². The molecule has 0 aliphatic rings. The number of hydrogen-bond donors (Lipinski definition) is 2. The zero-order chi connectivity index (χ0) is 20.4. The first-order valence-electron chi connectivity index (χ1n) is 9.03. The van der Waals surface area contributed by atoms with E-state index in [0.29, 0.717) is 11.4 Å². The summed E-state index contributed by atoms with van der Waals surface area (Å²) in [6.07, 6.45) is 0. The highest BCUT2D eigenvalue weighted by Crippen LogP contribution is 2.36. The monoisotopic (exact) mass is 388 g/mol. The van der Waals surface area contributed by atoms with E-state index >= 15 is 0 Å². The lowest BCUT2D eigenvalue weighted by molar-refractivity contribution is 0.454. The third-order valence-corrected chi connectivity index (χ3v) is 5.70. The van der Waals surface area contributed by atoms with E-state index in [0.717, 1.165) is 16.7 Å². The molecule has 0 saturated carbocycles. The van der Waals surface area contributed by atoms with Gasteiger partial charge in [0.1, 0.15) is 11.6 Å². The Morgan fingerprint density at radius 3 is 1.93 bits per heavy atom. The molecule has 0 heterocycles. The summed E-state index contributed by atoms with van der Waals surface area (Å²) >= 11 is 0. The number of rotatable bonds is 5. The van der Waals surface area contributed by atoms with Crippen LogP contribution in [0.1, 0.15) is 63.1 Å². The summed E-state index contributed by atoms with van der Waals surface area (Å²) < 4.78 is 28.9. The van der Waals surface area contributed by atoms with Crippen LogP contribution in [0.5, 0.6) is 5.75 Å². The maximum absolute atomic E-state index is 12.5. The molecule has 6 heteroatoms. The molecule has 2 aromatic carbocycles. The van der Waals surface area contributed by atoms with Crippen molar-refractivity contribution in [1.82, 2.24) is 0 Å². The van der Waals surface area contributed by atoms with E-state index in [-0.39, 0.29) is 22.6 Å². The Labute approximate surface area is 162 Å². The second kappa shape index (κ2) is 8.13. The van der Waals surface area contributed by atoms with Gasteiger partial charge in [0.25, 0.3) is 10.0 Å². The predicted octanol–water partition coefficient (Wildman–Crippen LogP) is 5.17. The number of anilines is 1. The van der Waals surface area contributed by atoms with Gasteiger partial charge in [-0.2, -0.15) is 8.42 Å². The molecule has 27 heavy (non-hydrogen) atoms. The standard InChI is InChI=1S/C21H28N2O3S/c1-13(2)19-11-17(12-20(14(3)4)21(19)24)22-16(6)23-27(25,26)18-9-7-15(5)8-10-18/h7-14,24H,1-6H3,(H,22,23). The second-order valence-corrected chi connectivity index (χ2v) is 9.01. The van der Waals surface area contributed by atoms with Crippen LogP contribution >= 0.6 is 0 Å². The van der Waals surface area contributed by atoms with Gasteiger partial charge in [0, 0.05) is 5.69 Å². The number of benzene rings is 2. The molecule has 0 aromatic heterocycles. The molecule has 0 unspecified atom stereocenters. The van der Waals surface area contributed by atoms with Crippen LogP contribution in [0.3, 0.4) is 0 Å². The molecule has 2 N–H and O–H groups in total. The molecule has 2 aromatic rings. The number of nitrogens with one attached hydrogen (secondary N) is 1. The Balaban J connectivity index is 2.38. The van der Waals surface area contributed by atoms with Gasteiger partial charge in [0.15, 0.2) is 0 Å². The highest BCUT2D eigenvalue weighted by Gasteiger charge is 2.16. The largest absolute Gasteiger partial charge is 0.507 e. The van der Waals surface area contributed by atoms with E-state index in [1.54, 1.807) is 31.2 Å². The maximum atomic E-state index is 12.5. The van der Waals surface area contributed by atoms with Gasteiger partial charge < -0.3 is 10.4 Å². The Hall–Kier alpha value is -2.34. The predicted molar refractivity (Wildman–Crippen MR) is 111 cm³/mol. The average molecular weight is 389 g/mol. The first-order valence-corrected chi connectivity index (χ1v) is 10.5. The van der Waals surface area contributed by atoms with Crippen LogP contribution in [0.15, 0.2) is 45.7 Å². The smallest absolute Gasteiger partial charge is 0.283 e. The van der Waals surface area contributed by atoms with Crippen LogP contribution in [-0.2, 0) is 10.0 Å². The van der Waals surface area contributed by atoms with Crippen molar-refractivity contribution in [2.75, 3.05) is 5.32 Å². The number of amidine groups is 1. The number of nitrogens with zero attached hydrogens (tertiary/aromatic N) is 1. The minimum atomic E-state index is -3.78. The van der Waals surface area contributed by atoms with Crippen molar-refractivity contribution in [3.05, 3.63) is 53.1 Å². The molecule has 0 aliphatic heterocycles. The number of hydrogen-bond acceptors (Lipinski definition) is 3. The number of phenols is 1. The molecule has 146 valence electrons. The molecular weight excluding hydrogens is 360 g/mol. The van der Waals surface area contributed by atoms with Gasteiger partial charge >= 0.3 is 0 Å². The molecule has 0 atom stereocenters. The fraction of sp³-hybridized carbons (Fsp3) is 0.381.